The molecule has 9 heteroatoms. The molecule has 0 atom stereocenters. The second-order valence-electron chi connectivity index (χ2n) is 5.15. The van der Waals surface area contributed by atoms with Crippen molar-refractivity contribution in [3.05, 3.63) is 66.1 Å². The highest BCUT2D eigenvalue weighted by atomic mass is 32.2. The van der Waals surface area contributed by atoms with Gasteiger partial charge in [-0.3, -0.25) is 9.59 Å². The molecule has 0 spiro atoms. The number of thioether (sulfide) groups is 1. The molecule has 0 aliphatic rings. The van der Waals surface area contributed by atoms with Gasteiger partial charge in [0.1, 0.15) is 6.54 Å². The van der Waals surface area contributed by atoms with Crippen molar-refractivity contribution >= 4 is 39.3 Å². The Morgan fingerprint density at radius 3 is 2.37 bits per heavy atom. The quantitative estimate of drug-likeness (QED) is 0.397. The summed E-state index contributed by atoms with van der Waals surface area (Å²) in [5.74, 6) is -1.03. The summed E-state index contributed by atoms with van der Waals surface area (Å²) in [6.45, 7) is -0.457. The first-order chi connectivity index (χ1) is 12.9. The van der Waals surface area contributed by atoms with Crippen LogP contribution in [0.25, 0.3) is 0 Å². The Labute approximate surface area is 161 Å². The smallest absolute Gasteiger partial charge is 0.320 e. The van der Waals surface area contributed by atoms with E-state index in [4.69, 9.17) is 0 Å². The summed E-state index contributed by atoms with van der Waals surface area (Å²) in [6, 6.07) is 15.2. The number of anilines is 1. The molecule has 142 valence electrons. The van der Waals surface area contributed by atoms with Gasteiger partial charge in [-0.25, -0.2) is 8.42 Å². The first-order valence-electron chi connectivity index (χ1n) is 7.76. The van der Waals surface area contributed by atoms with E-state index in [0.717, 1.165) is 4.90 Å². The summed E-state index contributed by atoms with van der Waals surface area (Å²) in [4.78, 5) is 23.9. The predicted octanol–water partition coefficient (Wildman–Crippen LogP) is 2.38. The number of carbonyl (C=O) groups is 2. The molecule has 0 aromatic heterocycles. The van der Waals surface area contributed by atoms with Crippen LogP contribution in [0.1, 0.15) is 0 Å². The predicted molar refractivity (Wildman–Crippen MR) is 104 cm³/mol. The number of esters is 1. The Bertz CT molecular complexity index is 911. The molecular weight excluding hydrogens is 388 g/mol. The SMILES string of the molecule is COC(=O)CNS(=O)(=O)c1ccc(NC(=O)/C=C/Sc2ccccc2)cc1. The third-order valence-corrected chi connectivity index (χ3v) is 5.47. The molecule has 2 N–H and O–H groups in total. The van der Waals surface area contributed by atoms with Gasteiger partial charge in [-0.15, -0.1) is 0 Å². The number of sulfonamides is 1. The monoisotopic (exact) mass is 406 g/mol. The van der Waals surface area contributed by atoms with E-state index in [1.807, 2.05) is 30.3 Å². The Morgan fingerprint density at radius 1 is 1.07 bits per heavy atom. The number of amides is 1. The van der Waals surface area contributed by atoms with Gasteiger partial charge in [0.2, 0.25) is 15.9 Å². The van der Waals surface area contributed by atoms with Crippen LogP contribution in [0.5, 0.6) is 0 Å². The maximum absolute atomic E-state index is 12.0. The van der Waals surface area contributed by atoms with Crippen molar-refractivity contribution in [2.45, 2.75) is 9.79 Å². The van der Waals surface area contributed by atoms with E-state index in [9.17, 15) is 18.0 Å². The number of ether oxygens (including phenoxy) is 1. The molecule has 2 rings (SSSR count). The van der Waals surface area contributed by atoms with E-state index in [0.29, 0.717) is 5.69 Å². The summed E-state index contributed by atoms with van der Waals surface area (Å²) in [6.07, 6.45) is 1.39. The van der Waals surface area contributed by atoms with Crippen molar-refractivity contribution in [3.8, 4) is 0 Å². The Balaban J connectivity index is 1.91. The van der Waals surface area contributed by atoms with Gasteiger partial charge in [0.05, 0.1) is 12.0 Å². The maximum atomic E-state index is 12.0. The third-order valence-electron chi connectivity index (χ3n) is 3.23. The van der Waals surface area contributed by atoms with Gasteiger partial charge in [-0.2, -0.15) is 4.72 Å². The molecule has 2 aromatic rings. The normalized spacial score (nSPS) is 11.3. The molecule has 7 nitrogen and oxygen atoms in total. The third kappa shape index (κ3) is 6.89. The van der Waals surface area contributed by atoms with E-state index in [2.05, 4.69) is 14.8 Å². The molecule has 0 heterocycles. The highest BCUT2D eigenvalue weighted by molar-refractivity contribution is 8.02. The molecule has 0 saturated heterocycles. The molecule has 0 radical (unpaired) electrons. The second-order valence-corrected chi connectivity index (χ2v) is 7.89. The number of methoxy groups -OCH3 is 1. The van der Waals surface area contributed by atoms with E-state index in [-0.39, 0.29) is 10.8 Å². The van der Waals surface area contributed by atoms with Crippen molar-refractivity contribution in [2.75, 3.05) is 19.0 Å². The lowest BCUT2D eigenvalue weighted by atomic mass is 10.3. The number of benzene rings is 2. The number of rotatable bonds is 8. The van der Waals surface area contributed by atoms with E-state index in [1.54, 1.807) is 5.41 Å². The summed E-state index contributed by atoms with van der Waals surface area (Å²) in [5.41, 5.74) is 0.446. The molecule has 2 aromatic carbocycles. The lowest BCUT2D eigenvalue weighted by Crippen LogP contribution is -2.30. The first-order valence-corrected chi connectivity index (χ1v) is 10.1. The number of hydrogen-bond acceptors (Lipinski definition) is 6. The summed E-state index contributed by atoms with van der Waals surface area (Å²) in [5, 5.41) is 4.30. The minimum atomic E-state index is -3.84. The minimum Gasteiger partial charge on any atom is -0.468 e. The van der Waals surface area contributed by atoms with Gasteiger partial charge in [0, 0.05) is 16.7 Å². The average Bonchev–Trinajstić information content (AvgIpc) is 2.67. The van der Waals surface area contributed by atoms with Crippen LogP contribution in [0, 0.1) is 0 Å². The maximum Gasteiger partial charge on any atom is 0.320 e. The number of carbonyl (C=O) groups excluding carboxylic acids is 2. The van der Waals surface area contributed by atoms with Crippen LogP contribution in [-0.2, 0) is 24.3 Å². The van der Waals surface area contributed by atoms with Crippen LogP contribution >= 0.6 is 11.8 Å². The van der Waals surface area contributed by atoms with E-state index < -0.39 is 22.5 Å². The van der Waals surface area contributed by atoms with Crippen LogP contribution < -0.4 is 10.0 Å². The number of nitrogens with one attached hydrogen (secondary N) is 2. The molecule has 0 aliphatic heterocycles. The fourth-order valence-corrected chi connectivity index (χ4v) is 3.52. The van der Waals surface area contributed by atoms with E-state index >= 15 is 0 Å². The zero-order valence-corrected chi connectivity index (χ0v) is 16.0. The van der Waals surface area contributed by atoms with Crippen LogP contribution in [0.3, 0.4) is 0 Å². The lowest BCUT2D eigenvalue weighted by Gasteiger charge is -2.07. The minimum absolute atomic E-state index is 0.0282. The highest BCUT2D eigenvalue weighted by Gasteiger charge is 2.15. The molecule has 1 amide bonds. The van der Waals surface area contributed by atoms with Gasteiger partial charge in [-0.1, -0.05) is 30.0 Å². The topological polar surface area (TPSA) is 102 Å². The van der Waals surface area contributed by atoms with Gasteiger partial charge in [0.25, 0.3) is 0 Å². The Morgan fingerprint density at radius 2 is 1.74 bits per heavy atom. The van der Waals surface area contributed by atoms with E-state index in [1.165, 1.54) is 49.2 Å². The second kappa shape index (κ2) is 9.91. The largest absolute Gasteiger partial charge is 0.468 e. The van der Waals surface area contributed by atoms with Crippen molar-refractivity contribution in [2.24, 2.45) is 0 Å². The fraction of sp³-hybridized carbons (Fsp3) is 0.111. The summed E-state index contributed by atoms with van der Waals surface area (Å²) >= 11 is 1.41. The zero-order chi connectivity index (χ0) is 19.7. The van der Waals surface area contributed by atoms with Crippen LogP contribution in [0.15, 0.2) is 75.9 Å². The van der Waals surface area contributed by atoms with Crippen molar-refractivity contribution in [3.63, 3.8) is 0 Å². The van der Waals surface area contributed by atoms with Crippen molar-refractivity contribution < 1.29 is 22.7 Å². The van der Waals surface area contributed by atoms with Crippen LogP contribution in [-0.4, -0.2) is 33.9 Å². The Hall–Kier alpha value is -2.62. The first kappa shape index (κ1) is 20.7. The van der Waals surface area contributed by atoms with Gasteiger partial charge >= 0.3 is 5.97 Å². The summed E-state index contributed by atoms with van der Waals surface area (Å²) in [7, 11) is -2.67. The van der Waals surface area contributed by atoms with Crippen LogP contribution in [0.4, 0.5) is 5.69 Å². The average molecular weight is 406 g/mol. The van der Waals surface area contributed by atoms with Crippen LogP contribution in [0.2, 0.25) is 0 Å². The van der Waals surface area contributed by atoms with Crippen molar-refractivity contribution in [1.29, 1.82) is 0 Å². The highest BCUT2D eigenvalue weighted by Crippen LogP contribution is 2.18. The number of hydrogen-bond donors (Lipinski definition) is 2. The zero-order valence-electron chi connectivity index (χ0n) is 14.4. The molecule has 0 unspecified atom stereocenters. The summed E-state index contributed by atoms with van der Waals surface area (Å²) < 4.78 is 30.6. The molecule has 0 fully saturated rings. The molecule has 0 saturated carbocycles. The van der Waals surface area contributed by atoms with Gasteiger partial charge in [-0.05, 0) is 41.8 Å². The Kier molecular flexibility index (Phi) is 7.59. The van der Waals surface area contributed by atoms with Gasteiger partial charge < -0.3 is 10.1 Å². The molecule has 0 bridgehead atoms. The molecule has 0 aliphatic carbocycles. The van der Waals surface area contributed by atoms with Crippen molar-refractivity contribution in [1.82, 2.24) is 4.72 Å². The molecule has 27 heavy (non-hydrogen) atoms. The van der Waals surface area contributed by atoms with Gasteiger partial charge in [0.15, 0.2) is 0 Å². The fourth-order valence-electron chi connectivity index (χ4n) is 1.88. The lowest BCUT2D eigenvalue weighted by molar-refractivity contribution is -0.139. The molecular formula is C18H18N2O5S2. The standard InChI is InChI=1S/C18H18N2O5S2/c1-25-18(22)13-19-27(23,24)16-9-7-14(8-10-16)20-17(21)11-12-26-15-5-3-2-4-6-15/h2-12,19H,13H2,1H3,(H,20,21)/b12-11+.